The number of fused-ring (bicyclic) bond motifs is 1. The van der Waals surface area contributed by atoms with Crippen molar-refractivity contribution in [2.75, 3.05) is 30.2 Å². The smallest absolute Gasteiger partial charge is 0.323 e. The Morgan fingerprint density at radius 1 is 0.906 bits per heavy atom. The maximum absolute atomic E-state index is 12.5. The van der Waals surface area contributed by atoms with Crippen LogP contribution in [0.2, 0.25) is 0 Å². The molecule has 0 aliphatic carbocycles. The van der Waals surface area contributed by atoms with Crippen molar-refractivity contribution in [2.24, 2.45) is 0 Å². The zero-order valence-corrected chi connectivity index (χ0v) is 17.8. The van der Waals surface area contributed by atoms with Crippen LogP contribution in [0.4, 0.5) is 22.0 Å². The van der Waals surface area contributed by atoms with E-state index in [0.717, 1.165) is 16.6 Å². The number of aromatic nitrogens is 2. The molecule has 32 heavy (non-hydrogen) atoms. The van der Waals surface area contributed by atoms with Gasteiger partial charge in [-0.15, -0.1) is 0 Å². The summed E-state index contributed by atoms with van der Waals surface area (Å²) in [7, 11) is 3.11. The van der Waals surface area contributed by atoms with E-state index in [9.17, 15) is 4.79 Å². The lowest BCUT2D eigenvalue weighted by Crippen LogP contribution is -2.20. The molecule has 0 saturated heterocycles. The number of nitrogens with one attached hydrogen (secondary N) is 3. The summed E-state index contributed by atoms with van der Waals surface area (Å²) in [6.45, 7) is 0.536. The van der Waals surface area contributed by atoms with Gasteiger partial charge in [0.05, 0.1) is 37.1 Å². The van der Waals surface area contributed by atoms with E-state index in [1.165, 1.54) is 0 Å². The molecule has 0 aliphatic rings. The van der Waals surface area contributed by atoms with Crippen LogP contribution < -0.4 is 25.4 Å². The van der Waals surface area contributed by atoms with Crippen molar-refractivity contribution in [2.45, 2.75) is 6.54 Å². The highest BCUT2D eigenvalue weighted by molar-refractivity contribution is 6.00. The molecule has 8 nitrogen and oxygen atoms in total. The summed E-state index contributed by atoms with van der Waals surface area (Å²) in [6, 6.07) is 20.1. The van der Waals surface area contributed by atoms with Gasteiger partial charge in [-0.1, -0.05) is 24.3 Å². The minimum atomic E-state index is -0.387. The van der Waals surface area contributed by atoms with E-state index < -0.39 is 0 Å². The molecule has 8 heteroatoms. The van der Waals surface area contributed by atoms with Crippen LogP contribution in [-0.2, 0) is 6.54 Å². The molecule has 4 aromatic rings. The highest BCUT2D eigenvalue weighted by Gasteiger charge is 2.10. The second-order valence-electron chi connectivity index (χ2n) is 6.94. The highest BCUT2D eigenvalue weighted by Crippen LogP contribution is 2.29. The van der Waals surface area contributed by atoms with Crippen LogP contribution >= 0.6 is 0 Å². The average Bonchev–Trinajstić information content (AvgIpc) is 2.82. The van der Waals surface area contributed by atoms with Crippen LogP contribution in [0.3, 0.4) is 0 Å². The first-order chi connectivity index (χ1) is 15.6. The molecule has 0 spiro atoms. The Morgan fingerprint density at radius 2 is 1.75 bits per heavy atom. The van der Waals surface area contributed by atoms with Crippen molar-refractivity contribution in [3.8, 4) is 11.5 Å². The van der Waals surface area contributed by atoms with Gasteiger partial charge in [-0.05, 0) is 42.0 Å². The molecule has 0 unspecified atom stereocenters. The van der Waals surface area contributed by atoms with Gasteiger partial charge in [0.15, 0.2) is 0 Å². The van der Waals surface area contributed by atoms with Crippen LogP contribution in [0.25, 0.3) is 11.0 Å². The summed E-state index contributed by atoms with van der Waals surface area (Å²) in [5, 5.41) is 8.90. The van der Waals surface area contributed by atoms with Crippen molar-refractivity contribution in [1.29, 1.82) is 0 Å². The van der Waals surface area contributed by atoms with E-state index in [0.29, 0.717) is 35.2 Å². The molecule has 3 aromatic carbocycles. The van der Waals surface area contributed by atoms with Gasteiger partial charge in [0.25, 0.3) is 0 Å². The van der Waals surface area contributed by atoms with Gasteiger partial charge in [-0.3, -0.25) is 4.98 Å². The normalized spacial score (nSPS) is 10.4. The number of anilines is 3. The molecule has 0 bridgehead atoms. The highest BCUT2D eigenvalue weighted by atomic mass is 16.5. The summed E-state index contributed by atoms with van der Waals surface area (Å²) in [5.41, 5.74) is 3.84. The van der Waals surface area contributed by atoms with Crippen molar-refractivity contribution < 1.29 is 14.3 Å². The lowest BCUT2D eigenvalue weighted by molar-refractivity contribution is 0.262. The van der Waals surface area contributed by atoms with Gasteiger partial charge < -0.3 is 25.4 Å². The quantitative estimate of drug-likeness (QED) is 0.386. The van der Waals surface area contributed by atoms with Crippen LogP contribution in [-0.4, -0.2) is 30.2 Å². The van der Waals surface area contributed by atoms with E-state index in [4.69, 9.17) is 9.47 Å². The lowest BCUT2D eigenvalue weighted by Gasteiger charge is -2.13. The number of carbonyl (C=O) groups is 1. The number of nitrogens with zero attached hydrogens (tertiary/aromatic N) is 2. The van der Waals surface area contributed by atoms with Gasteiger partial charge in [-0.2, -0.15) is 0 Å². The van der Waals surface area contributed by atoms with Gasteiger partial charge >= 0.3 is 6.03 Å². The number of carbonyl (C=O) groups excluding carboxylic acids is 1. The molecule has 0 atom stereocenters. The first kappa shape index (κ1) is 20.9. The molecule has 1 aromatic heterocycles. The van der Waals surface area contributed by atoms with Gasteiger partial charge in [0, 0.05) is 18.3 Å². The molecule has 162 valence electrons. The van der Waals surface area contributed by atoms with Crippen LogP contribution in [0.15, 0.2) is 72.9 Å². The number of hydrogen-bond donors (Lipinski definition) is 3. The van der Waals surface area contributed by atoms with E-state index in [1.807, 2.05) is 48.5 Å². The Hall–Kier alpha value is -4.33. The predicted molar refractivity (Wildman–Crippen MR) is 125 cm³/mol. The topological polar surface area (TPSA) is 97.4 Å². The molecule has 0 aliphatic heterocycles. The van der Waals surface area contributed by atoms with Gasteiger partial charge in [0.1, 0.15) is 17.3 Å². The summed E-state index contributed by atoms with van der Waals surface area (Å²) < 4.78 is 10.5. The Kier molecular flexibility index (Phi) is 6.31. The molecule has 1 heterocycles. The summed E-state index contributed by atoms with van der Waals surface area (Å²) in [6.07, 6.45) is 1.71. The number of benzene rings is 3. The third kappa shape index (κ3) is 5.04. The molecular weight excluding hydrogens is 406 g/mol. The summed E-state index contributed by atoms with van der Waals surface area (Å²) >= 11 is 0. The monoisotopic (exact) mass is 429 g/mol. The van der Waals surface area contributed by atoms with Crippen LogP contribution in [0.1, 0.15) is 5.56 Å². The fourth-order valence-corrected chi connectivity index (χ4v) is 3.19. The van der Waals surface area contributed by atoms with Gasteiger partial charge in [0.2, 0.25) is 0 Å². The zero-order valence-electron chi connectivity index (χ0n) is 17.8. The molecule has 3 N–H and O–H groups in total. The second-order valence-corrected chi connectivity index (χ2v) is 6.94. The van der Waals surface area contributed by atoms with Gasteiger partial charge in [-0.25, -0.2) is 9.78 Å². The second kappa shape index (κ2) is 9.65. The Labute approximate surface area is 185 Å². The Bertz CT molecular complexity index is 1250. The number of hydrogen-bond acceptors (Lipinski definition) is 6. The number of rotatable bonds is 7. The number of amides is 2. The predicted octanol–water partition coefficient (Wildman–Crippen LogP) is 4.90. The molecule has 2 amide bonds. The molecular formula is C24H23N5O3. The molecule has 0 saturated carbocycles. The van der Waals surface area contributed by atoms with E-state index in [-0.39, 0.29) is 6.03 Å². The summed E-state index contributed by atoms with van der Waals surface area (Å²) in [4.78, 5) is 21.5. The maximum atomic E-state index is 12.5. The fraction of sp³-hybridized carbons (Fsp3) is 0.125. The van der Waals surface area contributed by atoms with Crippen LogP contribution in [0.5, 0.6) is 11.5 Å². The maximum Gasteiger partial charge on any atom is 0.323 e. The first-order valence-corrected chi connectivity index (χ1v) is 9.99. The van der Waals surface area contributed by atoms with Crippen molar-refractivity contribution in [1.82, 2.24) is 9.97 Å². The van der Waals surface area contributed by atoms with E-state index in [1.54, 1.807) is 38.6 Å². The number of para-hydroxylation sites is 2. The van der Waals surface area contributed by atoms with E-state index in [2.05, 4.69) is 25.9 Å². The minimum absolute atomic E-state index is 0.387. The number of methoxy groups -OCH3 is 2. The van der Waals surface area contributed by atoms with Crippen molar-refractivity contribution >= 4 is 34.3 Å². The third-order valence-electron chi connectivity index (χ3n) is 4.76. The standard InChI is InChI=1S/C24H23N5O3/c1-31-18-10-11-22(32-2)21(13-18)29-24(30)27-17-7-5-6-16(12-17)14-26-23-15-25-19-8-3-4-9-20(19)28-23/h3-13,15H,14H2,1-2H3,(H,26,28)(H2,27,29,30). The first-order valence-electron chi connectivity index (χ1n) is 9.99. The Morgan fingerprint density at radius 3 is 2.56 bits per heavy atom. The molecule has 4 rings (SSSR count). The lowest BCUT2D eigenvalue weighted by atomic mass is 10.2. The molecule has 0 radical (unpaired) electrons. The SMILES string of the molecule is COc1ccc(OC)c(NC(=O)Nc2cccc(CNc3cnc4ccccc4n3)c2)c1. The number of urea groups is 1. The summed E-state index contributed by atoms with van der Waals surface area (Å²) in [5.74, 6) is 1.84. The van der Waals surface area contributed by atoms with Crippen molar-refractivity contribution in [3.05, 3.63) is 78.5 Å². The zero-order chi connectivity index (χ0) is 22.3. The van der Waals surface area contributed by atoms with Crippen molar-refractivity contribution in [3.63, 3.8) is 0 Å². The number of ether oxygens (including phenoxy) is 2. The minimum Gasteiger partial charge on any atom is -0.497 e. The van der Waals surface area contributed by atoms with Crippen LogP contribution in [0, 0.1) is 0 Å². The largest absolute Gasteiger partial charge is 0.497 e. The van der Waals surface area contributed by atoms with E-state index >= 15 is 0 Å². The fourth-order valence-electron chi connectivity index (χ4n) is 3.19. The Balaban J connectivity index is 1.40. The average molecular weight is 429 g/mol. The molecule has 0 fully saturated rings. The third-order valence-corrected chi connectivity index (χ3v) is 4.76.